The van der Waals surface area contributed by atoms with E-state index in [-0.39, 0.29) is 17.2 Å². The van der Waals surface area contributed by atoms with Crippen LogP contribution >= 0.6 is 0 Å². The highest BCUT2D eigenvalue weighted by atomic mass is 16.3. The Bertz CT molecular complexity index is 1730. The van der Waals surface area contributed by atoms with Gasteiger partial charge in [0.05, 0.1) is 5.39 Å². The normalized spacial score (nSPS) is 11.3. The van der Waals surface area contributed by atoms with Crippen LogP contribution in [0.4, 0.5) is 0 Å². The van der Waals surface area contributed by atoms with Crippen molar-refractivity contribution < 1.29 is 8.83 Å². The van der Waals surface area contributed by atoms with Gasteiger partial charge < -0.3 is 8.83 Å². The molecule has 6 heteroatoms. The van der Waals surface area contributed by atoms with E-state index in [2.05, 4.69) is 16.0 Å². The van der Waals surface area contributed by atoms with Gasteiger partial charge in [0.2, 0.25) is 11.5 Å². The lowest BCUT2D eigenvalue weighted by Crippen LogP contribution is -1.93. The molecule has 6 aromatic rings. The number of rotatable bonds is 1. The van der Waals surface area contributed by atoms with Crippen LogP contribution in [-0.2, 0) is 0 Å². The summed E-state index contributed by atoms with van der Waals surface area (Å²) < 4.78 is 11.8. The number of nitrogens with zero attached hydrogens (tertiary/aromatic N) is 4. The first-order valence-electron chi connectivity index (χ1n) is 9.22. The highest BCUT2D eigenvalue weighted by Crippen LogP contribution is 2.39. The first kappa shape index (κ1) is 16.3. The number of benzene rings is 3. The van der Waals surface area contributed by atoms with Crippen LogP contribution < -0.4 is 0 Å². The zero-order chi connectivity index (χ0) is 20.2. The minimum absolute atomic E-state index is 0.0898. The van der Waals surface area contributed by atoms with Crippen molar-refractivity contribution in [2.45, 2.75) is 0 Å². The van der Waals surface area contributed by atoms with Crippen molar-refractivity contribution in [1.29, 1.82) is 10.5 Å². The Labute approximate surface area is 169 Å². The summed E-state index contributed by atoms with van der Waals surface area (Å²) in [5, 5.41) is 22.0. The van der Waals surface area contributed by atoms with E-state index in [9.17, 15) is 5.26 Å². The first-order chi connectivity index (χ1) is 14.8. The summed E-state index contributed by atoms with van der Waals surface area (Å²) in [5.41, 5.74) is 4.55. The molecule has 3 aromatic heterocycles. The number of para-hydroxylation sites is 1. The van der Waals surface area contributed by atoms with Crippen LogP contribution in [0.15, 0.2) is 69.5 Å². The largest absolute Gasteiger partial charge is 0.456 e. The van der Waals surface area contributed by atoms with Gasteiger partial charge in [0.1, 0.15) is 28.9 Å². The molecule has 0 N–H and O–H groups in total. The third-order valence-corrected chi connectivity index (χ3v) is 5.25. The van der Waals surface area contributed by atoms with Crippen molar-refractivity contribution in [2.75, 3.05) is 0 Å². The molecule has 0 radical (unpaired) electrons. The SMILES string of the molecule is N#Cc1nc(C#N)c2c(n1)oc1ccc(-c3cccc4oc5ccccc5c34)cc12. The van der Waals surface area contributed by atoms with Gasteiger partial charge in [0.25, 0.3) is 0 Å². The Morgan fingerprint density at radius 3 is 2.40 bits per heavy atom. The molecule has 6 nitrogen and oxygen atoms in total. The van der Waals surface area contributed by atoms with E-state index in [0.29, 0.717) is 11.0 Å². The molecule has 6 rings (SSSR count). The van der Waals surface area contributed by atoms with Crippen molar-refractivity contribution in [3.63, 3.8) is 0 Å². The second-order valence-corrected chi connectivity index (χ2v) is 6.89. The average Bonchev–Trinajstić information content (AvgIpc) is 3.35. The van der Waals surface area contributed by atoms with E-state index in [4.69, 9.17) is 14.1 Å². The van der Waals surface area contributed by atoms with E-state index >= 15 is 0 Å². The maximum atomic E-state index is 9.55. The monoisotopic (exact) mass is 386 g/mol. The van der Waals surface area contributed by atoms with Crippen LogP contribution in [0.5, 0.6) is 0 Å². The van der Waals surface area contributed by atoms with Gasteiger partial charge in [-0.25, -0.2) is 4.98 Å². The maximum Gasteiger partial charge on any atom is 0.236 e. The summed E-state index contributed by atoms with van der Waals surface area (Å²) in [6.45, 7) is 0. The second kappa shape index (κ2) is 5.91. The molecule has 0 fully saturated rings. The zero-order valence-corrected chi connectivity index (χ0v) is 15.4. The molecule has 30 heavy (non-hydrogen) atoms. The van der Waals surface area contributed by atoms with Gasteiger partial charge in [-0.3, -0.25) is 0 Å². The molecule has 0 bridgehead atoms. The van der Waals surface area contributed by atoms with E-state index < -0.39 is 0 Å². The Hall–Kier alpha value is -4.68. The maximum absolute atomic E-state index is 9.55. The molecular formula is C24H10N4O2. The molecule has 0 amide bonds. The number of fused-ring (bicyclic) bond motifs is 6. The predicted octanol–water partition coefficient (Wildman–Crippen LogP) is 5.69. The van der Waals surface area contributed by atoms with E-state index in [1.165, 1.54) is 0 Å². The Kier molecular flexibility index (Phi) is 3.21. The fraction of sp³-hybridized carbons (Fsp3) is 0. The third kappa shape index (κ3) is 2.16. The van der Waals surface area contributed by atoms with Gasteiger partial charge in [-0.05, 0) is 35.4 Å². The number of furan rings is 2. The molecule has 3 heterocycles. The van der Waals surface area contributed by atoms with Crippen molar-refractivity contribution in [3.05, 3.63) is 72.2 Å². The summed E-state index contributed by atoms with van der Waals surface area (Å²) in [7, 11) is 0. The highest BCUT2D eigenvalue weighted by Gasteiger charge is 2.18. The average molecular weight is 386 g/mol. The molecule has 3 aromatic carbocycles. The molecule has 138 valence electrons. The van der Waals surface area contributed by atoms with E-state index in [1.807, 2.05) is 66.7 Å². The summed E-state index contributed by atoms with van der Waals surface area (Å²) in [5.74, 6) is -0.0898. The second-order valence-electron chi connectivity index (χ2n) is 6.89. The van der Waals surface area contributed by atoms with Crippen molar-refractivity contribution >= 4 is 44.0 Å². The summed E-state index contributed by atoms with van der Waals surface area (Å²) >= 11 is 0. The topological polar surface area (TPSA) is 99.6 Å². The molecular weight excluding hydrogens is 376 g/mol. The Balaban J connectivity index is 1.70. The Morgan fingerprint density at radius 2 is 1.53 bits per heavy atom. The third-order valence-electron chi connectivity index (χ3n) is 5.25. The lowest BCUT2D eigenvalue weighted by Gasteiger charge is -2.04. The minimum atomic E-state index is -0.0898. The van der Waals surface area contributed by atoms with Crippen molar-refractivity contribution in [3.8, 4) is 23.3 Å². The Morgan fingerprint density at radius 1 is 0.700 bits per heavy atom. The number of aromatic nitrogens is 2. The summed E-state index contributed by atoms with van der Waals surface area (Å²) in [4.78, 5) is 8.16. The fourth-order valence-electron chi connectivity index (χ4n) is 3.99. The lowest BCUT2D eigenvalue weighted by atomic mass is 9.98. The van der Waals surface area contributed by atoms with Gasteiger partial charge in [-0.2, -0.15) is 15.5 Å². The van der Waals surface area contributed by atoms with Gasteiger partial charge in [-0.1, -0.05) is 36.4 Å². The molecule has 0 aliphatic carbocycles. The van der Waals surface area contributed by atoms with Crippen LogP contribution in [0, 0.1) is 22.7 Å². The molecule has 0 spiro atoms. The quantitative estimate of drug-likeness (QED) is 0.360. The van der Waals surface area contributed by atoms with Gasteiger partial charge >= 0.3 is 0 Å². The van der Waals surface area contributed by atoms with Crippen LogP contribution in [0.2, 0.25) is 0 Å². The van der Waals surface area contributed by atoms with E-state index in [0.717, 1.165) is 38.5 Å². The summed E-state index contributed by atoms with van der Waals surface area (Å²) in [6, 6.07) is 23.6. The van der Waals surface area contributed by atoms with Gasteiger partial charge in [-0.15, -0.1) is 0 Å². The van der Waals surface area contributed by atoms with Crippen molar-refractivity contribution in [1.82, 2.24) is 9.97 Å². The summed E-state index contributed by atoms with van der Waals surface area (Å²) in [6.07, 6.45) is 0. The smallest absolute Gasteiger partial charge is 0.236 e. The fourth-order valence-corrected chi connectivity index (χ4v) is 3.99. The zero-order valence-electron chi connectivity index (χ0n) is 15.4. The van der Waals surface area contributed by atoms with Crippen LogP contribution in [0.3, 0.4) is 0 Å². The van der Waals surface area contributed by atoms with Crippen LogP contribution in [0.25, 0.3) is 55.1 Å². The standard InChI is InChI=1S/C24H10N4O2/c25-11-17-23-16-10-13(8-9-19(16)30-24(23)28-21(12-26)27-17)14-5-3-7-20-22(14)15-4-1-2-6-18(15)29-20/h1-10H. The molecule has 0 saturated carbocycles. The number of nitriles is 2. The molecule has 0 atom stereocenters. The molecule has 0 aliphatic heterocycles. The lowest BCUT2D eigenvalue weighted by molar-refractivity contribution is 0.651. The predicted molar refractivity (Wildman–Crippen MR) is 111 cm³/mol. The molecule has 0 aliphatic rings. The minimum Gasteiger partial charge on any atom is -0.456 e. The van der Waals surface area contributed by atoms with Crippen LogP contribution in [0.1, 0.15) is 11.5 Å². The highest BCUT2D eigenvalue weighted by molar-refractivity contribution is 6.14. The molecule has 0 saturated heterocycles. The van der Waals surface area contributed by atoms with Gasteiger partial charge in [0, 0.05) is 16.2 Å². The van der Waals surface area contributed by atoms with Gasteiger partial charge in [0.15, 0.2) is 5.69 Å². The number of hydrogen-bond acceptors (Lipinski definition) is 6. The number of hydrogen-bond donors (Lipinski definition) is 0. The van der Waals surface area contributed by atoms with Crippen LogP contribution in [-0.4, -0.2) is 9.97 Å². The van der Waals surface area contributed by atoms with Crippen molar-refractivity contribution in [2.24, 2.45) is 0 Å². The molecule has 0 unspecified atom stereocenters. The van der Waals surface area contributed by atoms with E-state index in [1.54, 1.807) is 0 Å². The first-order valence-corrected chi connectivity index (χ1v) is 9.22.